The van der Waals surface area contributed by atoms with Crippen LogP contribution in [0.5, 0.6) is 0 Å². The van der Waals surface area contributed by atoms with Crippen molar-refractivity contribution in [3.8, 4) is 0 Å². The first-order chi connectivity index (χ1) is 8.20. The Bertz CT molecular complexity index is 476. The molecule has 0 heterocycles. The molecule has 1 rings (SSSR count). The standard InChI is InChI=1S/C10H10N2O6/c1-4-7(10(13)14)5(2)9(12(17)18)6(3)8(4)11(15)16/h1-3H3,(H,13,14). The highest BCUT2D eigenvalue weighted by molar-refractivity contribution is 5.94. The number of nitrogens with zero attached hydrogens (tertiary/aromatic N) is 2. The lowest BCUT2D eigenvalue weighted by atomic mass is 9.95. The monoisotopic (exact) mass is 254 g/mol. The molecule has 0 aliphatic heterocycles. The quantitative estimate of drug-likeness (QED) is 0.650. The Morgan fingerprint density at radius 2 is 1.28 bits per heavy atom. The predicted molar refractivity (Wildman–Crippen MR) is 60.9 cm³/mol. The molecule has 0 saturated carbocycles. The second kappa shape index (κ2) is 4.40. The Hall–Kier alpha value is -2.51. The molecule has 8 nitrogen and oxygen atoms in total. The van der Waals surface area contributed by atoms with E-state index in [0.29, 0.717) is 0 Å². The number of carboxylic acid groups (broad SMARTS) is 1. The normalized spacial score (nSPS) is 10.2. The van der Waals surface area contributed by atoms with E-state index in [2.05, 4.69) is 0 Å². The molecule has 96 valence electrons. The molecule has 1 aromatic carbocycles. The van der Waals surface area contributed by atoms with Gasteiger partial charge in [0.15, 0.2) is 0 Å². The minimum atomic E-state index is -1.42. The van der Waals surface area contributed by atoms with Crippen LogP contribution >= 0.6 is 0 Å². The van der Waals surface area contributed by atoms with Gasteiger partial charge in [0.2, 0.25) is 0 Å². The Kier molecular flexibility index (Phi) is 3.31. The highest BCUT2D eigenvalue weighted by atomic mass is 16.6. The maximum atomic E-state index is 11.1. The second-order valence-electron chi connectivity index (χ2n) is 3.77. The highest BCUT2D eigenvalue weighted by Crippen LogP contribution is 2.37. The molecule has 0 aliphatic carbocycles. The van der Waals surface area contributed by atoms with Gasteiger partial charge >= 0.3 is 5.97 Å². The number of aromatic carboxylic acids is 1. The van der Waals surface area contributed by atoms with Gasteiger partial charge in [-0.3, -0.25) is 20.2 Å². The molecule has 0 radical (unpaired) electrons. The van der Waals surface area contributed by atoms with Crippen molar-refractivity contribution in [2.75, 3.05) is 0 Å². The van der Waals surface area contributed by atoms with Crippen molar-refractivity contribution >= 4 is 17.3 Å². The van der Waals surface area contributed by atoms with Crippen LogP contribution in [0.3, 0.4) is 0 Å². The number of carbonyl (C=O) groups is 1. The van der Waals surface area contributed by atoms with Crippen molar-refractivity contribution in [3.63, 3.8) is 0 Å². The number of hydrogen-bond acceptors (Lipinski definition) is 5. The van der Waals surface area contributed by atoms with Crippen LogP contribution in [0.25, 0.3) is 0 Å². The molecule has 0 aliphatic rings. The lowest BCUT2D eigenvalue weighted by molar-refractivity contribution is -0.396. The van der Waals surface area contributed by atoms with Crippen molar-refractivity contribution in [3.05, 3.63) is 42.5 Å². The first kappa shape index (κ1) is 13.6. The maximum absolute atomic E-state index is 11.1. The van der Waals surface area contributed by atoms with Gasteiger partial charge in [-0.05, 0) is 20.8 Å². The van der Waals surface area contributed by atoms with E-state index in [0.717, 1.165) is 0 Å². The van der Waals surface area contributed by atoms with E-state index in [9.17, 15) is 25.0 Å². The van der Waals surface area contributed by atoms with Gasteiger partial charge in [-0.1, -0.05) is 0 Å². The zero-order valence-corrected chi connectivity index (χ0v) is 9.88. The van der Waals surface area contributed by atoms with Crippen LogP contribution in [-0.2, 0) is 0 Å². The Morgan fingerprint density at radius 1 is 0.944 bits per heavy atom. The van der Waals surface area contributed by atoms with Crippen molar-refractivity contribution in [2.24, 2.45) is 0 Å². The molecule has 0 fully saturated rings. The molecule has 1 N–H and O–H groups in total. The SMILES string of the molecule is Cc1c(C(=O)O)c(C)c([N+](=O)[O-])c(C)c1[N+](=O)[O-]. The molecule has 0 saturated heterocycles. The van der Waals surface area contributed by atoms with E-state index in [1.165, 1.54) is 20.8 Å². The van der Waals surface area contributed by atoms with Crippen molar-refractivity contribution in [2.45, 2.75) is 20.8 Å². The van der Waals surface area contributed by atoms with E-state index in [4.69, 9.17) is 5.11 Å². The minimum absolute atomic E-state index is 0.0758. The van der Waals surface area contributed by atoms with Gasteiger partial charge in [-0.25, -0.2) is 4.79 Å². The summed E-state index contributed by atoms with van der Waals surface area (Å²) >= 11 is 0. The van der Waals surface area contributed by atoms with Crippen LogP contribution in [0.2, 0.25) is 0 Å². The van der Waals surface area contributed by atoms with Gasteiger partial charge in [-0.2, -0.15) is 0 Å². The Morgan fingerprint density at radius 3 is 1.50 bits per heavy atom. The average Bonchev–Trinajstić information content (AvgIpc) is 2.14. The number of hydrogen-bond donors (Lipinski definition) is 1. The van der Waals surface area contributed by atoms with Crippen LogP contribution in [0.15, 0.2) is 0 Å². The number of rotatable bonds is 3. The summed E-state index contributed by atoms with van der Waals surface area (Å²) in [5.41, 5.74) is -1.72. The molecule has 18 heavy (non-hydrogen) atoms. The van der Waals surface area contributed by atoms with Crippen LogP contribution in [0.4, 0.5) is 11.4 Å². The summed E-state index contributed by atoms with van der Waals surface area (Å²) in [7, 11) is 0. The molecule has 0 amide bonds. The van der Waals surface area contributed by atoms with Crippen molar-refractivity contribution in [1.29, 1.82) is 0 Å². The fraction of sp³-hybridized carbons (Fsp3) is 0.300. The van der Waals surface area contributed by atoms with Gasteiger partial charge < -0.3 is 5.11 Å². The number of carboxylic acids is 1. The predicted octanol–water partition coefficient (Wildman–Crippen LogP) is 2.13. The lowest BCUT2D eigenvalue weighted by Gasteiger charge is -2.09. The van der Waals surface area contributed by atoms with E-state index >= 15 is 0 Å². The summed E-state index contributed by atoms with van der Waals surface area (Å²) in [6, 6.07) is 0. The van der Waals surface area contributed by atoms with Gasteiger partial charge in [0.05, 0.1) is 15.4 Å². The Labute approximate surface area is 101 Å². The van der Waals surface area contributed by atoms with Crippen LogP contribution < -0.4 is 0 Å². The number of benzene rings is 1. The summed E-state index contributed by atoms with van der Waals surface area (Å²) in [6.45, 7) is 3.78. The van der Waals surface area contributed by atoms with Crippen LogP contribution in [0.1, 0.15) is 27.0 Å². The summed E-state index contributed by atoms with van der Waals surface area (Å²) in [5, 5.41) is 30.8. The van der Waals surface area contributed by atoms with E-state index < -0.39 is 27.2 Å². The fourth-order valence-corrected chi connectivity index (χ4v) is 2.06. The van der Waals surface area contributed by atoms with Crippen LogP contribution in [0, 0.1) is 41.0 Å². The summed E-state index contributed by atoms with van der Waals surface area (Å²) in [4.78, 5) is 31.2. The maximum Gasteiger partial charge on any atom is 0.336 e. The first-order valence-corrected chi connectivity index (χ1v) is 4.86. The van der Waals surface area contributed by atoms with Gasteiger partial charge in [0.1, 0.15) is 5.56 Å². The van der Waals surface area contributed by atoms with Crippen molar-refractivity contribution in [1.82, 2.24) is 0 Å². The van der Waals surface area contributed by atoms with Gasteiger partial charge in [0.25, 0.3) is 11.4 Å². The smallest absolute Gasteiger partial charge is 0.336 e. The van der Waals surface area contributed by atoms with E-state index in [1.54, 1.807) is 0 Å². The second-order valence-corrected chi connectivity index (χ2v) is 3.77. The molecule has 0 aromatic heterocycles. The van der Waals surface area contributed by atoms with E-state index in [-0.39, 0.29) is 22.3 Å². The largest absolute Gasteiger partial charge is 0.478 e. The molecule has 0 spiro atoms. The fourth-order valence-electron chi connectivity index (χ4n) is 2.06. The molecule has 0 bridgehead atoms. The zero-order valence-electron chi connectivity index (χ0n) is 9.88. The Balaban J connectivity index is 3.94. The van der Waals surface area contributed by atoms with Crippen molar-refractivity contribution < 1.29 is 19.7 Å². The van der Waals surface area contributed by atoms with Gasteiger partial charge in [-0.15, -0.1) is 0 Å². The summed E-state index contributed by atoms with van der Waals surface area (Å²) in [5.74, 6) is -1.42. The van der Waals surface area contributed by atoms with Gasteiger partial charge in [0, 0.05) is 11.1 Å². The third kappa shape index (κ3) is 1.88. The highest BCUT2D eigenvalue weighted by Gasteiger charge is 2.32. The molecular formula is C10H10N2O6. The zero-order chi connectivity index (χ0) is 14.2. The topological polar surface area (TPSA) is 124 Å². The molecule has 0 unspecified atom stereocenters. The third-order valence-corrected chi connectivity index (χ3v) is 2.75. The first-order valence-electron chi connectivity index (χ1n) is 4.86. The average molecular weight is 254 g/mol. The molecule has 8 heteroatoms. The molecular weight excluding hydrogens is 244 g/mol. The third-order valence-electron chi connectivity index (χ3n) is 2.75. The molecule has 0 atom stereocenters. The minimum Gasteiger partial charge on any atom is -0.478 e. The van der Waals surface area contributed by atoms with Crippen LogP contribution in [-0.4, -0.2) is 20.9 Å². The van der Waals surface area contributed by atoms with E-state index in [1.807, 2.05) is 0 Å². The number of nitro groups is 2. The summed E-state index contributed by atoms with van der Waals surface area (Å²) in [6.07, 6.45) is 0. The lowest BCUT2D eigenvalue weighted by Crippen LogP contribution is -2.10. The molecule has 1 aromatic rings. The number of nitro benzene ring substituents is 2. The summed E-state index contributed by atoms with van der Waals surface area (Å²) < 4.78 is 0.